The molecule has 0 spiro atoms. The lowest BCUT2D eigenvalue weighted by Gasteiger charge is -2.23. The minimum absolute atomic E-state index is 0.142. The van der Waals surface area contributed by atoms with E-state index in [1.807, 2.05) is 6.92 Å². The first-order chi connectivity index (χ1) is 8.92. The van der Waals surface area contributed by atoms with E-state index in [0.29, 0.717) is 10.2 Å². The summed E-state index contributed by atoms with van der Waals surface area (Å²) in [5, 5.41) is 14.9. The molecule has 3 N–H and O–H groups in total. The summed E-state index contributed by atoms with van der Waals surface area (Å²) in [5.41, 5.74) is 0.0291. The zero-order valence-corrected chi connectivity index (χ0v) is 12.1. The number of hydrogen-bond acceptors (Lipinski definition) is 3. The molecule has 0 radical (unpaired) electrons. The van der Waals surface area contributed by atoms with Crippen LogP contribution in [0.15, 0.2) is 22.7 Å². The third kappa shape index (κ3) is 2.96. The van der Waals surface area contributed by atoms with Gasteiger partial charge in [0.05, 0.1) is 16.8 Å². The summed E-state index contributed by atoms with van der Waals surface area (Å²) in [4.78, 5) is 23.2. The van der Waals surface area contributed by atoms with Gasteiger partial charge < -0.3 is 15.7 Å². The van der Waals surface area contributed by atoms with Crippen LogP contribution in [0.3, 0.4) is 0 Å². The van der Waals surface area contributed by atoms with Gasteiger partial charge in [0.1, 0.15) is 0 Å². The first-order valence-corrected chi connectivity index (χ1v) is 6.81. The Balaban J connectivity index is 2.20. The number of nitrogens with one attached hydrogen (secondary N) is 2. The van der Waals surface area contributed by atoms with Gasteiger partial charge in [0, 0.05) is 4.47 Å². The molecule has 1 atom stereocenters. The monoisotopic (exact) mass is 326 g/mol. The predicted octanol–water partition coefficient (Wildman–Crippen LogP) is 2.23. The van der Waals surface area contributed by atoms with Crippen molar-refractivity contribution in [2.45, 2.75) is 25.3 Å². The van der Waals surface area contributed by atoms with Crippen LogP contribution < -0.4 is 10.6 Å². The molecule has 1 unspecified atom stereocenters. The number of carboxylic acids is 1. The van der Waals surface area contributed by atoms with E-state index in [9.17, 15) is 9.59 Å². The molecule has 1 heterocycles. The smallest absolute Gasteiger partial charge is 0.335 e. The number of halogens is 1. The zero-order valence-electron chi connectivity index (χ0n) is 10.5. The molecule has 1 aromatic rings. The molecule has 5 nitrogen and oxygen atoms in total. The predicted molar refractivity (Wildman–Crippen MR) is 75.4 cm³/mol. The van der Waals surface area contributed by atoms with Crippen molar-refractivity contribution in [3.05, 3.63) is 28.2 Å². The van der Waals surface area contributed by atoms with E-state index in [4.69, 9.17) is 5.11 Å². The summed E-state index contributed by atoms with van der Waals surface area (Å²) in [6, 6.07) is 4.55. The minimum atomic E-state index is -1.02. The maximum Gasteiger partial charge on any atom is 0.335 e. The molecule has 0 saturated carbocycles. The van der Waals surface area contributed by atoms with Gasteiger partial charge in [0.2, 0.25) is 5.91 Å². The highest BCUT2D eigenvalue weighted by Crippen LogP contribution is 2.26. The van der Waals surface area contributed by atoms with Gasteiger partial charge in [-0.3, -0.25) is 4.79 Å². The normalized spacial score (nSPS) is 22.2. The Kier molecular flexibility index (Phi) is 3.91. The van der Waals surface area contributed by atoms with E-state index in [-0.39, 0.29) is 11.5 Å². The summed E-state index contributed by atoms with van der Waals surface area (Å²) >= 11 is 3.31. The van der Waals surface area contributed by atoms with Crippen LogP contribution in [-0.4, -0.2) is 29.1 Å². The molecule has 2 rings (SSSR count). The van der Waals surface area contributed by atoms with Gasteiger partial charge in [0.25, 0.3) is 0 Å². The third-order valence-electron chi connectivity index (χ3n) is 3.33. The Morgan fingerprint density at radius 3 is 2.79 bits per heavy atom. The topological polar surface area (TPSA) is 78.4 Å². The molecular formula is C13H15BrN2O3. The lowest BCUT2D eigenvalue weighted by Crippen LogP contribution is -2.48. The number of aromatic carboxylic acids is 1. The summed E-state index contributed by atoms with van der Waals surface area (Å²) in [5.74, 6) is -1.17. The molecule has 0 bridgehead atoms. The largest absolute Gasteiger partial charge is 0.478 e. The molecule has 0 aromatic heterocycles. The number of rotatable bonds is 3. The first kappa shape index (κ1) is 14.0. The van der Waals surface area contributed by atoms with Crippen molar-refractivity contribution in [1.82, 2.24) is 5.32 Å². The van der Waals surface area contributed by atoms with Crippen LogP contribution in [0.1, 0.15) is 30.1 Å². The Morgan fingerprint density at radius 1 is 1.47 bits per heavy atom. The molecule has 102 valence electrons. The number of hydrogen-bond donors (Lipinski definition) is 3. The number of carbonyl (C=O) groups is 2. The minimum Gasteiger partial charge on any atom is -0.478 e. The average molecular weight is 327 g/mol. The summed E-state index contributed by atoms with van der Waals surface area (Å²) in [6.07, 6.45) is 1.73. The van der Waals surface area contributed by atoms with Crippen molar-refractivity contribution in [2.75, 3.05) is 11.9 Å². The number of benzene rings is 1. The summed E-state index contributed by atoms with van der Waals surface area (Å²) in [6.45, 7) is 2.67. The molecular weight excluding hydrogens is 312 g/mol. The highest BCUT2D eigenvalue weighted by atomic mass is 79.9. The second-order valence-electron chi connectivity index (χ2n) is 4.82. The third-order valence-corrected chi connectivity index (χ3v) is 4.02. The molecule has 6 heteroatoms. The van der Waals surface area contributed by atoms with Crippen molar-refractivity contribution < 1.29 is 14.7 Å². The maximum absolute atomic E-state index is 12.2. The van der Waals surface area contributed by atoms with Crippen LogP contribution in [0.5, 0.6) is 0 Å². The summed E-state index contributed by atoms with van der Waals surface area (Å²) in [7, 11) is 0. The Hall–Kier alpha value is -1.40. The van der Waals surface area contributed by atoms with Crippen LogP contribution in [0.2, 0.25) is 0 Å². The Labute approximate surface area is 119 Å². The van der Waals surface area contributed by atoms with Gasteiger partial charge in [-0.25, -0.2) is 4.79 Å². The molecule has 1 aromatic carbocycles. The van der Waals surface area contributed by atoms with Crippen LogP contribution in [-0.2, 0) is 4.79 Å². The number of carbonyl (C=O) groups excluding carboxylic acids is 1. The van der Waals surface area contributed by atoms with Crippen molar-refractivity contribution in [3.63, 3.8) is 0 Å². The Morgan fingerprint density at radius 2 is 2.21 bits per heavy atom. The summed E-state index contributed by atoms with van der Waals surface area (Å²) < 4.78 is 0.660. The van der Waals surface area contributed by atoms with Gasteiger partial charge in [-0.2, -0.15) is 0 Å². The van der Waals surface area contributed by atoms with Crippen LogP contribution in [0.4, 0.5) is 5.69 Å². The van der Waals surface area contributed by atoms with Crippen molar-refractivity contribution >= 4 is 33.5 Å². The second kappa shape index (κ2) is 5.30. The molecule has 0 aliphatic carbocycles. The fourth-order valence-electron chi connectivity index (χ4n) is 2.10. The molecule has 1 amide bonds. The van der Waals surface area contributed by atoms with E-state index in [2.05, 4.69) is 26.6 Å². The number of amides is 1. The number of anilines is 1. The molecule has 1 saturated heterocycles. The van der Waals surface area contributed by atoms with Crippen molar-refractivity contribution in [2.24, 2.45) is 0 Å². The molecule has 1 aliphatic heterocycles. The highest BCUT2D eigenvalue weighted by molar-refractivity contribution is 9.10. The van der Waals surface area contributed by atoms with Crippen molar-refractivity contribution in [1.29, 1.82) is 0 Å². The van der Waals surface area contributed by atoms with Gasteiger partial charge in [-0.15, -0.1) is 0 Å². The Bertz CT molecular complexity index is 525. The highest BCUT2D eigenvalue weighted by Gasteiger charge is 2.36. The van der Waals surface area contributed by atoms with E-state index in [1.54, 1.807) is 6.07 Å². The molecule has 1 aliphatic rings. The fourth-order valence-corrected chi connectivity index (χ4v) is 2.45. The van der Waals surface area contributed by atoms with Crippen molar-refractivity contribution in [3.8, 4) is 0 Å². The van der Waals surface area contributed by atoms with E-state index < -0.39 is 11.5 Å². The van der Waals surface area contributed by atoms with Crippen LogP contribution >= 0.6 is 15.9 Å². The lowest BCUT2D eigenvalue weighted by molar-refractivity contribution is -0.121. The van der Waals surface area contributed by atoms with Gasteiger partial charge >= 0.3 is 5.97 Å². The SMILES string of the molecule is CC1(C(=O)Nc2cc(C(=O)O)ccc2Br)CCCN1. The van der Waals surface area contributed by atoms with E-state index in [1.165, 1.54) is 12.1 Å². The van der Waals surface area contributed by atoms with Gasteiger partial charge in [-0.1, -0.05) is 0 Å². The van der Waals surface area contributed by atoms with Crippen LogP contribution in [0, 0.1) is 0 Å². The lowest BCUT2D eigenvalue weighted by atomic mass is 9.99. The standard InChI is InChI=1S/C13H15BrN2O3/c1-13(5-2-6-15-13)12(19)16-10-7-8(11(17)18)3-4-9(10)14/h3-4,7,15H,2,5-6H2,1H3,(H,16,19)(H,17,18). The fraction of sp³-hybridized carbons (Fsp3) is 0.385. The van der Waals surface area contributed by atoms with E-state index in [0.717, 1.165) is 19.4 Å². The quantitative estimate of drug-likeness (QED) is 0.795. The molecule has 1 fully saturated rings. The first-order valence-electron chi connectivity index (χ1n) is 6.02. The van der Waals surface area contributed by atoms with Gasteiger partial charge in [-0.05, 0) is 60.4 Å². The second-order valence-corrected chi connectivity index (χ2v) is 5.67. The molecule has 19 heavy (non-hydrogen) atoms. The average Bonchev–Trinajstić information content (AvgIpc) is 2.80. The van der Waals surface area contributed by atoms with Crippen LogP contribution in [0.25, 0.3) is 0 Å². The van der Waals surface area contributed by atoms with E-state index >= 15 is 0 Å². The van der Waals surface area contributed by atoms with Gasteiger partial charge in [0.15, 0.2) is 0 Å². The number of carboxylic acid groups (broad SMARTS) is 1. The zero-order chi connectivity index (χ0) is 14.0. The maximum atomic E-state index is 12.2.